The Morgan fingerprint density at radius 1 is 1.00 bits per heavy atom. The summed E-state index contributed by atoms with van der Waals surface area (Å²) in [7, 11) is 2.52. The smallest absolute Gasteiger partial charge is 0.305 e. The van der Waals surface area contributed by atoms with Crippen molar-refractivity contribution in [3.8, 4) is 22.8 Å². The van der Waals surface area contributed by atoms with Crippen molar-refractivity contribution in [1.82, 2.24) is 15.1 Å². The van der Waals surface area contributed by atoms with Crippen LogP contribution in [0.15, 0.2) is 12.1 Å². The molecule has 1 heterocycles. The molecule has 8 nitrogen and oxygen atoms in total. The predicted molar refractivity (Wildman–Crippen MR) is 150 cm³/mol. The van der Waals surface area contributed by atoms with Crippen molar-refractivity contribution in [2.75, 3.05) is 14.2 Å². The Labute approximate surface area is 232 Å². The number of ether oxygens (including phenoxy) is 2. The van der Waals surface area contributed by atoms with Crippen LogP contribution in [0.25, 0.3) is 11.3 Å². The van der Waals surface area contributed by atoms with Crippen molar-refractivity contribution < 1.29 is 33.0 Å². The van der Waals surface area contributed by atoms with Crippen molar-refractivity contribution in [1.29, 1.82) is 0 Å². The van der Waals surface area contributed by atoms with E-state index < -0.39 is 29.6 Å². The number of carboxylic acids is 1. The van der Waals surface area contributed by atoms with E-state index in [-0.39, 0.29) is 46.7 Å². The molecule has 10 heteroatoms. The number of rotatable bonds is 13. The molecule has 2 N–H and O–H groups in total. The van der Waals surface area contributed by atoms with Crippen LogP contribution in [-0.2, 0) is 11.3 Å². The molecule has 0 saturated carbocycles. The number of hydrogen-bond acceptors (Lipinski definition) is 5. The van der Waals surface area contributed by atoms with E-state index in [0.29, 0.717) is 19.0 Å². The monoisotopic (exact) mass is 555 g/mol. The fourth-order valence-electron chi connectivity index (χ4n) is 4.11. The Hall–Kier alpha value is -3.17. The van der Waals surface area contributed by atoms with Crippen molar-refractivity contribution in [3.63, 3.8) is 0 Å². The van der Waals surface area contributed by atoms with Gasteiger partial charge in [-0.3, -0.25) is 14.3 Å². The van der Waals surface area contributed by atoms with E-state index in [0.717, 1.165) is 12.8 Å². The maximum absolute atomic E-state index is 14.6. The summed E-state index contributed by atoms with van der Waals surface area (Å²) in [5.74, 6) is -3.54. The zero-order chi connectivity index (χ0) is 30.3. The molecule has 0 spiro atoms. The summed E-state index contributed by atoms with van der Waals surface area (Å²) in [4.78, 5) is 24.4. The van der Waals surface area contributed by atoms with Crippen molar-refractivity contribution in [2.24, 2.45) is 11.8 Å². The van der Waals surface area contributed by atoms with Crippen LogP contribution in [0.3, 0.4) is 0 Å². The largest absolute Gasteiger partial charge is 0.493 e. The molecule has 0 bridgehead atoms. The highest BCUT2D eigenvalue weighted by molar-refractivity contribution is 5.94. The first kappa shape index (κ1) is 35.8. The molecule has 1 atom stereocenters. The van der Waals surface area contributed by atoms with Crippen molar-refractivity contribution in [3.05, 3.63) is 29.5 Å². The standard InChI is InChI=1S/C25H35F2N3O5.2C2H6/c1-7-15(8-2)13-30-20(22-23(34-5)17(26)11-18(27)24(22)35-6)12-19(29-30)25(33)28-16(9-14(3)4)10-21(31)32;2*1-2/h11-12,14-16H,7-10,13H2,1-6H3,(H,28,33)(H,31,32);2*1-2H3. The Morgan fingerprint density at radius 3 is 1.92 bits per heavy atom. The molecule has 1 aromatic carbocycles. The lowest BCUT2D eigenvalue weighted by molar-refractivity contribution is -0.137. The van der Waals surface area contributed by atoms with Gasteiger partial charge in [0.05, 0.1) is 31.9 Å². The number of carboxylic acid groups (broad SMARTS) is 1. The highest BCUT2D eigenvalue weighted by Gasteiger charge is 2.28. The van der Waals surface area contributed by atoms with Crippen LogP contribution in [0.4, 0.5) is 8.78 Å². The topological polar surface area (TPSA) is 103 Å². The highest BCUT2D eigenvalue weighted by Crippen LogP contribution is 2.42. The maximum Gasteiger partial charge on any atom is 0.305 e. The summed E-state index contributed by atoms with van der Waals surface area (Å²) in [6.07, 6.45) is 1.90. The van der Waals surface area contributed by atoms with Gasteiger partial charge < -0.3 is 19.9 Å². The molecule has 222 valence electrons. The number of carbonyl (C=O) groups is 2. The third-order valence-corrected chi connectivity index (χ3v) is 5.92. The summed E-state index contributed by atoms with van der Waals surface area (Å²) in [6.45, 7) is 16.3. The third-order valence-electron chi connectivity index (χ3n) is 5.92. The molecule has 1 unspecified atom stereocenters. The van der Waals surface area contributed by atoms with Gasteiger partial charge in [-0.25, -0.2) is 8.78 Å². The van der Waals surface area contributed by atoms with Crippen LogP contribution in [0.2, 0.25) is 0 Å². The average molecular weight is 556 g/mol. The third kappa shape index (κ3) is 10.1. The molecule has 0 radical (unpaired) electrons. The lowest BCUT2D eigenvalue weighted by Crippen LogP contribution is -2.37. The number of benzene rings is 1. The maximum atomic E-state index is 14.6. The fraction of sp³-hybridized carbons (Fsp3) is 0.621. The summed E-state index contributed by atoms with van der Waals surface area (Å²) >= 11 is 0. The lowest BCUT2D eigenvalue weighted by Gasteiger charge is -2.18. The molecule has 2 rings (SSSR count). The molecule has 1 aromatic heterocycles. The number of methoxy groups -OCH3 is 2. The van der Waals surface area contributed by atoms with Crippen LogP contribution >= 0.6 is 0 Å². The van der Waals surface area contributed by atoms with E-state index in [4.69, 9.17) is 9.47 Å². The van der Waals surface area contributed by atoms with Gasteiger partial charge in [-0.2, -0.15) is 5.10 Å². The highest BCUT2D eigenvalue weighted by atomic mass is 19.1. The fourth-order valence-corrected chi connectivity index (χ4v) is 4.11. The van der Waals surface area contributed by atoms with Crippen LogP contribution in [0.1, 0.15) is 91.6 Å². The Bertz CT molecular complexity index is 1010. The molecule has 0 aliphatic carbocycles. The molecular weight excluding hydrogens is 508 g/mol. The van der Waals surface area contributed by atoms with Gasteiger partial charge in [0.2, 0.25) is 0 Å². The predicted octanol–water partition coefficient (Wildman–Crippen LogP) is 6.95. The quantitative estimate of drug-likeness (QED) is 0.277. The zero-order valence-electron chi connectivity index (χ0n) is 25.2. The zero-order valence-corrected chi connectivity index (χ0v) is 25.2. The second-order valence-electron chi connectivity index (χ2n) is 8.96. The number of carbonyl (C=O) groups excluding carboxylic acids is 1. The average Bonchev–Trinajstić information content (AvgIpc) is 3.32. The van der Waals surface area contributed by atoms with Gasteiger partial charge in [0, 0.05) is 18.7 Å². The van der Waals surface area contributed by atoms with Crippen molar-refractivity contribution in [2.45, 2.75) is 93.7 Å². The number of nitrogens with zero attached hydrogens (tertiary/aromatic N) is 2. The second kappa shape index (κ2) is 18.2. The summed E-state index contributed by atoms with van der Waals surface area (Å²) in [6, 6.07) is 1.51. The number of amides is 1. The van der Waals surface area contributed by atoms with Crippen LogP contribution < -0.4 is 14.8 Å². The Balaban J connectivity index is 0.00000344. The minimum atomic E-state index is -1.03. The van der Waals surface area contributed by atoms with E-state index in [1.165, 1.54) is 25.0 Å². The SMILES string of the molecule is CC.CC.CCC(CC)Cn1nc(C(=O)NC(CC(=O)O)CC(C)C)cc1-c1c(OC)c(F)cc(F)c1OC. The molecule has 0 aliphatic rings. The minimum absolute atomic E-state index is 0.00104. The van der Waals surface area contributed by atoms with Crippen LogP contribution in [-0.4, -0.2) is 47.0 Å². The van der Waals surface area contributed by atoms with Crippen LogP contribution in [0, 0.1) is 23.5 Å². The second-order valence-corrected chi connectivity index (χ2v) is 8.96. The number of halogens is 2. The van der Waals surface area contributed by atoms with Gasteiger partial charge in [0.1, 0.15) is 0 Å². The van der Waals surface area contributed by atoms with E-state index in [2.05, 4.69) is 10.4 Å². The summed E-state index contributed by atoms with van der Waals surface area (Å²) in [5.41, 5.74) is 0.265. The molecule has 39 heavy (non-hydrogen) atoms. The van der Waals surface area contributed by atoms with E-state index in [1.807, 2.05) is 55.4 Å². The molecule has 1 amide bonds. The Kier molecular flexibility index (Phi) is 16.7. The van der Waals surface area contributed by atoms with Gasteiger partial charge in [-0.15, -0.1) is 0 Å². The first-order valence-corrected chi connectivity index (χ1v) is 13.8. The number of hydrogen-bond donors (Lipinski definition) is 2. The minimum Gasteiger partial charge on any atom is -0.493 e. The van der Waals surface area contributed by atoms with E-state index in [1.54, 1.807) is 0 Å². The first-order valence-electron chi connectivity index (χ1n) is 13.8. The number of aliphatic carboxylic acids is 1. The summed E-state index contributed by atoms with van der Waals surface area (Å²) in [5, 5.41) is 16.4. The first-order chi connectivity index (χ1) is 18.6. The van der Waals surface area contributed by atoms with Crippen molar-refractivity contribution >= 4 is 11.9 Å². The van der Waals surface area contributed by atoms with Gasteiger partial charge in [-0.05, 0) is 24.3 Å². The Morgan fingerprint density at radius 2 is 1.51 bits per heavy atom. The molecule has 0 aliphatic heterocycles. The number of nitrogens with one attached hydrogen (secondary N) is 1. The van der Waals surface area contributed by atoms with E-state index >= 15 is 0 Å². The molecule has 2 aromatic rings. The molecule has 0 saturated heterocycles. The normalized spacial score (nSPS) is 11.2. The number of aromatic nitrogens is 2. The van der Waals surface area contributed by atoms with Gasteiger partial charge >= 0.3 is 5.97 Å². The van der Waals surface area contributed by atoms with Gasteiger partial charge in [-0.1, -0.05) is 68.2 Å². The molecule has 0 fully saturated rings. The van der Waals surface area contributed by atoms with Gasteiger partial charge in [0.25, 0.3) is 5.91 Å². The van der Waals surface area contributed by atoms with Gasteiger partial charge in [0.15, 0.2) is 28.8 Å². The van der Waals surface area contributed by atoms with Crippen LogP contribution in [0.5, 0.6) is 11.5 Å². The lowest BCUT2D eigenvalue weighted by atomic mass is 10.0. The molecular formula is C29H47F2N3O5. The van der Waals surface area contributed by atoms with E-state index in [9.17, 15) is 23.5 Å². The summed E-state index contributed by atoms with van der Waals surface area (Å²) < 4.78 is 41.3.